The summed E-state index contributed by atoms with van der Waals surface area (Å²) in [5.41, 5.74) is 0.269. The summed E-state index contributed by atoms with van der Waals surface area (Å²) in [6.45, 7) is 0. The van der Waals surface area contributed by atoms with Crippen molar-refractivity contribution in [1.82, 2.24) is 0 Å². The van der Waals surface area contributed by atoms with Crippen LogP contribution in [0.1, 0.15) is 36.0 Å². The van der Waals surface area contributed by atoms with Gasteiger partial charge in [-0.1, -0.05) is 12.5 Å². The van der Waals surface area contributed by atoms with Gasteiger partial charge in [0.2, 0.25) is 0 Å². The van der Waals surface area contributed by atoms with Crippen LogP contribution in [0.2, 0.25) is 0 Å². The molecular weight excluding hydrogens is 296 g/mol. The Bertz CT molecular complexity index is 595. The van der Waals surface area contributed by atoms with E-state index in [1.807, 2.05) is 6.07 Å². The fraction of sp³-hybridized carbons (Fsp3) is 0.500. The molecule has 0 bridgehead atoms. The third kappa shape index (κ3) is 3.99. The quantitative estimate of drug-likeness (QED) is 0.925. The third-order valence-corrected chi connectivity index (χ3v) is 6.49. The van der Waals surface area contributed by atoms with E-state index in [1.54, 1.807) is 30.0 Å². The van der Waals surface area contributed by atoms with E-state index in [2.05, 4.69) is 0 Å². The average molecular weight is 314 g/mol. The lowest BCUT2D eigenvalue weighted by molar-refractivity contribution is 0.0696. The Morgan fingerprint density at radius 3 is 2.75 bits per heavy atom. The first-order chi connectivity index (χ1) is 9.36. The van der Waals surface area contributed by atoms with E-state index in [0.29, 0.717) is 6.42 Å². The summed E-state index contributed by atoms with van der Waals surface area (Å²) in [6.07, 6.45) is 4.59. The zero-order valence-electron chi connectivity index (χ0n) is 11.3. The Morgan fingerprint density at radius 1 is 1.35 bits per heavy atom. The van der Waals surface area contributed by atoms with Crippen molar-refractivity contribution in [1.29, 1.82) is 0 Å². The first-order valence-corrected chi connectivity index (χ1v) is 9.38. The highest BCUT2D eigenvalue weighted by Crippen LogP contribution is 2.36. The third-order valence-electron chi connectivity index (χ3n) is 3.57. The second-order valence-electron chi connectivity index (χ2n) is 5.19. The number of hydrogen-bond acceptors (Lipinski definition) is 4. The summed E-state index contributed by atoms with van der Waals surface area (Å²) in [5, 5.41) is 8.97. The van der Waals surface area contributed by atoms with Gasteiger partial charge in [-0.25, -0.2) is 13.2 Å². The van der Waals surface area contributed by atoms with Crippen LogP contribution in [0.15, 0.2) is 29.2 Å². The van der Waals surface area contributed by atoms with Crippen LogP contribution < -0.4 is 0 Å². The molecule has 1 aromatic rings. The van der Waals surface area contributed by atoms with Crippen molar-refractivity contribution >= 4 is 27.6 Å². The SMILES string of the molecule is CS(=O)(=O)C1CCCC(Sc2cccc(C(=O)O)c2)C1. The maximum Gasteiger partial charge on any atom is 0.335 e. The molecule has 1 aliphatic rings. The molecule has 1 aliphatic carbocycles. The lowest BCUT2D eigenvalue weighted by Crippen LogP contribution is -2.28. The first kappa shape index (κ1) is 15.4. The number of sulfone groups is 1. The van der Waals surface area contributed by atoms with Gasteiger partial charge in [0.25, 0.3) is 0 Å². The normalized spacial score (nSPS) is 23.4. The molecule has 2 unspecified atom stereocenters. The molecule has 0 saturated heterocycles. The number of carboxylic acid groups (broad SMARTS) is 1. The number of rotatable bonds is 4. The van der Waals surface area contributed by atoms with E-state index in [-0.39, 0.29) is 16.1 Å². The van der Waals surface area contributed by atoms with Crippen molar-refractivity contribution in [3.8, 4) is 0 Å². The van der Waals surface area contributed by atoms with Crippen LogP contribution >= 0.6 is 11.8 Å². The van der Waals surface area contributed by atoms with Crippen LogP contribution in [0, 0.1) is 0 Å². The minimum atomic E-state index is -2.98. The van der Waals surface area contributed by atoms with E-state index in [1.165, 1.54) is 6.26 Å². The highest BCUT2D eigenvalue weighted by Gasteiger charge is 2.29. The Labute approximate surface area is 123 Å². The number of carbonyl (C=O) groups is 1. The molecule has 0 spiro atoms. The van der Waals surface area contributed by atoms with Gasteiger partial charge in [0.15, 0.2) is 0 Å². The topological polar surface area (TPSA) is 71.4 Å². The van der Waals surface area contributed by atoms with Crippen LogP contribution in [0.3, 0.4) is 0 Å². The van der Waals surface area contributed by atoms with Gasteiger partial charge in [-0.2, -0.15) is 0 Å². The van der Waals surface area contributed by atoms with Crippen LogP contribution in [-0.2, 0) is 9.84 Å². The van der Waals surface area contributed by atoms with Gasteiger partial charge >= 0.3 is 5.97 Å². The smallest absolute Gasteiger partial charge is 0.335 e. The van der Waals surface area contributed by atoms with E-state index in [9.17, 15) is 13.2 Å². The van der Waals surface area contributed by atoms with E-state index < -0.39 is 15.8 Å². The molecular formula is C14H18O4S2. The number of carboxylic acids is 1. The molecule has 1 aromatic carbocycles. The maximum absolute atomic E-state index is 11.6. The summed E-state index contributed by atoms with van der Waals surface area (Å²) in [7, 11) is -2.98. The first-order valence-electron chi connectivity index (χ1n) is 6.55. The van der Waals surface area contributed by atoms with Crippen LogP contribution in [0.4, 0.5) is 0 Å². The summed E-state index contributed by atoms with van der Waals surface area (Å²) in [6, 6.07) is 6.81. The van der Waals surface area contributed by atoms with Gasteiger partial charge in [0.05, 0.1) is 10.8 Å². The molecule has 1 saturated carbocycles. The molecule has 0 amide bonds. The van der Waals surface area contributed by atoms with Crippen molar-refractivity contribution in [3.63, 3.8) is 0 Å². The maximum atomic E-state index is 11.6. The molecule has 6 heteroatoms. The van der Waals surface area contributed by atoms with Crippen molar-refractivity contribution in [2.75, 3.05) is 6.26 Å². The number of hydrogen-bond donors (Lipinski definition) is 1. The highest BCUT2D eigenvalue weighted by atomic mass is 32.2. The summed E-state index contributed by atoms with van der Waals surface area (Å²) in [4.78, 5) is 11.8. The molecule has 1 N–H and O–H groups in total. The molecule has 0 aromatic heterocycles. The predicted molar refractivity (Wildman–Crippen MR) is 80.1 cm³/mol. The summed E-state index contributed by atoms with van der Waals surface area (Å²) < 4.78 is 23.3. The Hall–Kier alpha value is -1.01. The van der Waals surface area contributed by atoms with Gasteiger partial charge in [-0.05, 0) is 37.5 Å². The average Bonchev–Trinajstić information content (AvgIpc) is 2.38. The fourth-order valence-electron chi connectivity index (χ4n) is 2.49. The van der Waals surface area contributed by atoms with Crippen LogP contribution in [-0.4, -0.2) is 36.2 Å². The molecule has 110 valence electrons. The van der Waals surface area contributed by atoms with Crippen molar-refractivity contribution in [3.05, 3.63) is 29.8 Å². The van der Waals surface area contributed by atoms with E-state index in [0.717, 1.165) is 24.2 Å². The fourth-order valence-corrected chi connectivity index (χ4v) is 5.14. The zero-order chi connectivity index (χ0) is 14.8. The summed E-state index contributed by atoms with van der Waals surface area (Å²) >= 11 is 1.59. The molecule has 2 atom stereocenters. The van der Waals surface area contributed by atoms with Gasteiger partial charge in [0.1, 0.15) is 9.84 Å². The molecule has 4 nitrogen and oxygen atoms in total. The van der Waals surface area contributed by atoms with Gasteiger partial charge < -0.3 is 5.11 Å². The van der Waals surface area contributed by atoms with Gasteiger partial charge in [-0.3, -0.25) is 0 Å². The van der Waals surface area contributed by atoms with Crippen LogP contribution in [0.25, 0.3) is 0 Å². The number of thioether (sulfide) groups is 1. The zero-order valence-corrected chi connectivity index (χ0v) is 12.9. The molecule has 0 aliphatic heterocycles. The molecule has 20 heavy (non-hydrogen) atoms. The minimum Gasteiger partial charge on any atom is -0.478 e. The predicted octanol–water partition coefficient (Wildman–Crippen LogP) is 2.83. The van der Waals surface area contributed by atoms with Crippen molar-refractivity contribution in [2.24, 2.45) is 0 Å². The van der Waals surface area contributed by atoms with Gasteiger partial charge in [-0.15, -0.1) is 11.8 Å². The van der Waals surface area contributed by atoms with Crippen LogP contribution in [0.5, 0.6) is 0 Å². The van der Waals surface area contributed by atoms with E-state index in [4.69, 9.17) is 5.11 Å². The Balaban J connectivity index is 2.06. The number of aromatic carboxylic acids is 1. The molecule has 0 radical (unpaired) electrons. The van der Waals surface area contributed by atoms with Crippen molar-refractivity contribution < 1.29 is 18.3 Å². The monoisotopic (exact) mass is 314 g/mol. The van der Waals surface area contributed by atoms with Gasteiger partial charge in [0, 0.05) is 16.4 Å². The lowest BCUT2D eigenvalue weighted by atomic mass is 10.00. The standard InChI is InChI=1S/C14H18O4S2/c1-20(17,18)13-7-3-6-12(9-13)19-11-5-2-4-10(8-11)14(15)16/h2,4-5,8,12-13H,3,6-7,9H2,1H3,(H,15,16). The molecule has 0 heterocycles. The minimum absolute atomic E-state index is 0.243. The largest absolute Gasteiger partial charge is 0.478 e. The lowest BCUT2D eigenvalue weighted by Gasteiger charge is -2.27. The second-order valence-corrected chi connectivity index (χ2v) is 8.89. The second kappa shape index (κ2) is 6.18. The highest BCUT2D eigenvalue weighted by molar-refractivity contribution is 8.00. The van der Waals surface area contributed by atoms with E-state index >= 15 is 0 Å². The Morgan fingerprint density at radius 2 is 2.10 bits per heavy atom. The Kier molecular flexibility index (Phi) is 4.75. The molecule has 1 fully saturated rings. The number of benzene rings is 1. The van der Waals surface area contributed by atoms with Crippen molar-refractivity contribution in [2.45, 2.75) is 41.1 Å². The molecule has 2 rings (SSSR count). The summed E-state index contributed by atoms with van der Waals surface area (Å²) in [5.74, 6) is -0.940.